The van der Waals surface area contributed by atoms with E-state index in [1.807, 2.05) is 12.1 Å². The fourth-order valence-electron chi connectivity index (χ4n) is 2.99. The molecular weight excluding hydrogens is 352 g/mol. The highest BCUT2D eigenvalue weighted by atomic mass is 32.1. The van der Waals surface area contributed by atoms with Gasteiger partial charge in [0, 0.05) is 12.6 Å². The first kappa shape index (κ1) is 18.1. The number of aliphatic carboxylic acids is 1. The molecule has 7 heteroatoms. The van der Waals surface area contributed by atoms with Crippen LogP contribution in [0.2, 0.25) is 0 Å². The van der Waals surface area contributed by atoms with Crippen LogP contribution in [0.25, 0.3) is 0 Å². The molecule has 1 unspecified atom stereocenters. The summed E-state index contributed by atoms with van der Waals surface area (Å²) in [5.74, 6) is -1.80. The molecule has 2 amide bonds. The minimum absolute atomic E-state index is 0.273. The SMILES string of the molecule is CC(C(=O)O)N(C)C(=O)c1ccsc1NC(=O)c1ccc2c(c1)CCC2. The first-order chi connectivity index (χ1) is 12.4. The molecular formula is C19H20N2O4S. The number of hydrogen-bond donors (Lipinski definition) is 2. The van der Waals surface area contributed by atoms with Gasteiger partial charge < -0.3 is 15.3 Å². The Labute approximate surface area is 155 Å². The van der Waals surface area contributed by atoms with Gasteiger partial charge in [-0.2, -0.15) is 0 Å². The second-order valence-corrected chi connectivity index (χ2v) is 7.30. The van der Waals surface area contributed by atoms with E-state index in [0.717, 1.165) is 24.2 Å². The molecule has 0 aliphatic heterocycles. The highest BCUT2D eigenvalue weighted by molar-refractivity contribution is 7.14. The minimum atomic E-state index is -1.08. The molecule has 2 N–H and O–H groups in total. The smallest absolute Gasteiger partial charge is 0.326 e. The Bertz CT molecular complexity index is 874. The fraction of sp³-hybridized carbons (Fsp3) is 0.316. The van der Waals surface area contributed by atoms with Gasteiger partial charge >= 0.3 is 5.97 Å². The average molecular weight is 372 g/mol. The molecule has 1 aliphatic rings. The second-order valence-electron chi connectivity index (χ2n) is 6.38. The Morgan fingerprint density at radius 3 is 2.65 bits per heavy atom. The number of rotatable bonds is 5. The zero-order chi connectivity index (χ0) is 18.8. The molecule has 1 aliphatic carbocycles. The normalized spacial score (nSPS) is 13.8. The monoisotopic (exact) mass is 372 g/mol. The van der Waals surface area contributed by atoms with Gasteiger partial charge in [-0.15, -0.1) is 11.3 Å². The van der Waals surface area contributed by atoms with E-state index in [1.54, 1.807) is 17.5 Å². The number of likely N-dealkylation sites (N-methyl/N-ethyl adjacent to an activating group) is 1. The third kappa shape index (κ3) is 3.48. The molecule has 1 aromatic heterocycles. The summed E-state index contributed by atoms with van der Waals surface area (Å²) < 4.78 is 0. The number of aryl methyl sites for hydroxylation is 2. The van der Waals surface area contributed by atoms with Crippen LogP contribution in [-0.2, 0) is 17.6 Å². The number of carbonyl (C=O) groups excluding carboxylic acids is 2. The number of carboxylic acids is 1. The van der Waals surface area contributed by atoms with E-state index in [-0.39, 0.29) is 5.91 Å². The molecule has 0 saturated carbocycles. The Morgan fingerprint density at radius 1 is 1.19 bits per heavy atom. The van der Waals surface area contributed by atoms with Crippen LogP contribution in [0, 0.1) is 0 Å². The Morgan fingerprint density at radius 2 is 1.92 bits per heavy atom. The molecule has 0 saturated heterocycles. The number of nitrogens with one attached hydrogen (secondary N) is 1. The Kier molecular flexibility index (Phi) is 5.08. The van der Waals surface area contributed by atoms with Crippen molar-refractivity contribution in [2.45, 2.75) is 32.2 Å². The largest absolute Gasteiger partial charge is 0.480 e. The number of fused-ring (bicyclic) bond motifs is 1. The third-order valence-corrected chi connectivity index (χ3v) is 5.57. The van der Waals surface area contributed by atoms with E-state index in [1.165, 1.54) is 36.4 Å². The second kappa shape index (κ2) is 7.29. The average Bonchev–Trinajstić information content (AvgIpc) is 3.27. The summed E-state index contributed by atoms with van der Waals surface area (Å²) in [6, 6.07) is 6.33. The van der Waals surface area contributed by atoms with Crippen LogP contribution in [0.5, 0.6) is 0 Å². The van der Waals surface area contributed by atoms with Gasteiger partial charge in [0.05, 0.1) is 5.56 Å². The van der Waals surface area contributed by atoms with Crippen molar-refractivity contribution >= 4 is 34.1 Å². The van der Waals surface area contributed by atoms with E-state index in [9.17, 15) is 14.4 Å². The lowest BCUT2D eigenvalue weighted by Gasteiger charge is -2.21. The summed E-state index contributed by atoms with van der Waals surface area (Å²) in [4.78, 5) is 37.4. The lowest BCUT2D eigenvalue weighted by atomic mass is 10.1. The van der Waals surface area contributed by atoms with E-state index in [4.69, 9.17) is 5.11 Å². The topological polar surface area (TPSA) is 86.7 Å². The first-order valence-corrected chi connectivity index (χ1v) is 9.27. The van der Waals surface area contributed by atoms with Gasteiger partial charge in [0.25, 0.3) is 11.8 Å². The number of carboxylic acid groups (broad SMARTS) is 1. The minimum Gasteiger partial charge on any atom is -0.480 e. The van der Waals surface area contributed by atoms with Crippen LogP contribution >= 0.6 is 11.3 Å². The van der Waals surface area contributed by atoms with Crippen LogP contribution < -0.4 is 5.32 Å². The maximum atomic E-state index is 12.6. The van der Waals surface area contributed by atoms with Crippen molar-refractivity contribution in [2.24, 2.45) is 0 Å². The number of amides is 2. The van der Waals surface area contributed by atoms with E-state index < -0.39 is 17.9 Å². The van der Waals surface area contributed by atoms with Crippen LogP contribution in [0.4, 0.5) is 5.00 Å². The summed E-state index contributed by atoms with van der Waals surface area (Å²) in [6.45, 7) is 1.44. The number of anilines is 1. The van der Waals surface area contributed by atoms with Crippen molar-refractivity contribution in [3.63, 3.8) is 0 Å². The van der Waals surface area contributed by atoms with E-state index in [2.05, 4.69) is 5.32 Å². The predicted molar refractivity (Wildman–Crippen MR) is 99.9 cm³/mol. The fourth-order valence-corrected chi connectivity index (χ4v) is 3.77. The van der Waals surface area contributed by atoms with Crippen LogP contribution in [0.1, 0.15) is 45.2 Å². The molecule has 0 bridgehead atoms. The van der Waals surface area contributed by atoms with Gasteiger partial charge in [0.1, 0.15) is 11.0 Å². The zero-order valence-electron chi connectivity index (χ0n) is 14.6. The van der Waals surface area contributed by atoms with Gasteiger partial charge in [-0.1, -0.05) is 6.07 Å². The van der Waals surface area contributed by atoms with Crippen molar-refractivity contribution < 1.29 is 19.5 Å². The van der Waals surface area contributed by atoms with Crippen LogP contribution in [0.15, 0.2) is 29.6 Å². The molecule has 3 rings (SSSR count). The lowest BCUT2D eigenvalue weighted by Crippen LogP contribution is -2.40. The summed E-state index contributed by atoms with van der Waals surface area (Å²) in [7, 11) is 1.44. The quantitative estimate of drug-likeness (QED) is 0.845. The van der Waals surface area contributed by atoms with Gasteiger partial charge in [-0.25, -0.2) is 4.79 Å². The summed E-state index contributed by atoms with van der Waals surface area (Å²) in [5, 5.41) is 14.0. The number of benzene rings is 1. The Balaban J connectivity index is 1.77. The molecule has 136 valence electrons. The van der Waals surface area contributed by atoms with Crippen molar-refractivity contribution in [3.05, 3.63) is 51.9 Å². The summed E-state index contributed by atoms with van der Waals surface area (Å²) in [5.41, 5.74) is 3.35. The standard InChI is InChI=1S/C19H20N2O4S/c1-11(19(24)25)21(2)18(23)15-8-9-26-17(15)20-16(22)14-7-6-12-4-3-5-13(12)10-14/h6-11H,3-5H2,1-2H3,(H,20,22)(H,24,25). The molecule has 1 aromatic carbocycles. The number of hydrogen-bond acceptors (Lipinski definition) is 4. The molecule has 1 heterocycles. The van der Waals surface area contributed by atoms with Gasteiger partial charge in [-0.05, 0) is 60.9 Å². The number of nitrogens with zero attached hydrogens (tertiary/aromatic N) is 1. The summed E-state index contributed by atoms with van der Waals surface area (Å²) >= 11 is 1.24. The van der Waals surface area contributed by atoms with Gasteiger partial charge in [-0.3, -0.25) is 9.59 Å². The first-order valence-electron chi connectivity index (χ1n) is 8.39. The van der Waals surface area contributed by atoms with Crippen LogP contribution in [-0.4, -0.2) is 40.9 Å². The highest BCUT2D eigenvalue weighted by Crippen LogP contribution is 2.27. The molecule has 1 atom stereocenters. The van der Waals surface area contributed by atoms with Gasteiger partial charge in [0.15, 0.2) is 0 Å². The Hall–Kier alpha value is -2.67. The van der Waals surface area contributed by atoms with E-state index >= 15 is 0 Å². The molecule has 0 fully saturated rings. The molecule has 2 aromatic rings. The van der Waals surface area contributed by atoms with Crippen molar-refractivity contribution in [2.75, 3.05) is 12.4 Å². The maximum Gasteiger partial charge on any atom is 0.326 e. The molecule has 6 nitrogen and oxygen atoms in total. The van der Waals surface area contributed by atoms with Crippen molar-refractivity contribution in [1.29, 1.82) is 0 Å². The maximum absolute atomic E-state index is 12.6. The van der Waals surface area contributed by atoms with E-state index in [0.29, 0.717) is 16.1 Å². The molecule has 0 radical (unpaired) electrons. The van der Waals surface area contributed by atoms with Crippen molar-refractivity contribution in [1.82, 2.24) is 4.90 Å². The predicted octanol–water partition coefficient (Wildman–Crippen LogP) is 3.03. The van der Waals surface area contributed by atoms with Crippen molar-refractivity contribution in [3.8, 4) is 0 Å². The summed E-state index contributed by atoms with van der Waals surface area (Å²) in [6.07, 6.45) is 3.14. The number of carbonyl (C=O) groups is 3. The zero-order valence-corrected chi connectivity index (χ0v) is 15.4. The third-order valence-electron chi connectivity index (χ3n) is 4.74. The van der Waals surface area contributed by atoms with Crippen LogP contribution in [0.3, 0.4) is 0 Å². The molecule has 26 heavy (non-hydrogen) atoms. The van der Waals surface area contributed by atoms with Gasteiger partial charge in [0.2, 0.25) is 0 Å². The molecule has 0 spiro atoms. The number of thiophene rings is 1. The lowest BCUT2D eigenvalue weighted by molar-refractivity contribution is -0.141. The highest BCUT2D eigenvalue weighted by Gasteiger charge is 2.26.